The number of benzene rings is 2. The van der Waals surface area contributed by atoms with Crippen molar-refractivity contribution in [1.29, 1.82) is 0 Å². The number of imide groups is 2. The normalized spacial score (nSPS) is 15.6. The van der Waals surface area contributed by atoms with Crippen LogP contribution in [0.15, 0.2) is 72.4 Å². The molecule has 7 heteroatoms. The molecule has 3 aromatic rings. The number of nitrogens with one attached hydrogen (secondary N) is 1. The van der Waals surface area contributed by atoms with Crippen LogP contribution in [0, 0.1) is 12.7 Å². The van der Waals surface area contributed by atoms with Crippen LogP contribution in [0.2, 0.25) is 0 Å². The molecule has 0 spiro atoms. The van der Waals surface area contributed by atoms with E-state index in [2.05, 4.69) is 5.32 Å². The van der Waals surface area contributed by atoms with Gasteiger partial charge in [-0.1, -0.05) is 24.3 Å². The van der Waals surface area contributed by atoms with E-state index in [1.165, 1.54) is 18.2 Å². The summed E-state index contributed by atoms with van der Waals surface area (Å²) in [5.41, 5.74) is 2.88. The summed E-state index contributed by atoms with van der Waals surface area (Å²) in [5.74, 6) is -2.03. The highest BCUT2D eigenvalue weighted by molar-refractivity contribution is 6.39. The fourth-order valence-corrected chi connectivity index (χ4v) is 3.30. The zero-order valence-electron chi connectivity index (χ0n) is 16.1. The molecule has 0 radical (unpaired) electrons. The molecule has 0 bridgehead atoms. The van der Waals surface area contributed by atoms with E-state index in [1.54, 1.807) is 6.07 Å². The predicted octanol–water partition coefficient (Wildman–Crippen LogP) is 3.65. The lowest BCUT2D eigenvalue weighted by Gasteiger charge is -2.26. The van der Waals surface area contributed by atoms with Gasteiger partial charge in [-0.2, -0.15) is 0 Å². The first-order chi connectivity index (χ1) is 14.4. The van der Waals surface area contributed by atoms with Crippen molar-refractivity contribution in [2.24, 2.45) is 0 Å². The minimum atomic E-state index is -0.871. The van der Waals surface area contributed by atoms with Crippen molar-refractivity contribution < 1.29 is 18.8 Å². The Hall–Kier alpha value is -4.00. The lowest BCUT2D eigenvalue weighted by molar-refractivity contribution is -0.122. The molecule has 1 aliphatic heterocycles. The zero-order valence-corrected chi connectivity index (χ0v) is 16.1. The maximum Gasteiger partial charge on any atom is 0.335 e. The summed E-state index contributed by atoms with van der Waals surface area (Å²) in [6.45, 7) is 2.58. The summed E-state index contributed by atoms with van der Waals surface area (Å²) < 4.78 is 15.1. The van der Waals surface area contributed by atoms with Gasteiger partial charge >= 0.3 is 6.03 Å². The number of rotatable bonds is 4. The molecule has 1 aromatic heterocycles. The summed E-state index contributed by atoms with van der Waals surface area (Å²) in [6, 6.07) is 15.6. The summed E-state index contributed by atoms with van der Waals surface area (Å²) >= 11 is 0. The standard InChI is InChI=1S/C23H18FN3O3/c1-15-5-2-3-6-16(15)14-26-12-4-7-19(26)13-20-21(28)25-23(30)27(22(20)29)18-10-8-17(24)9-11-18/h2-13H,14H2,1H3,(H,25,28,30)/b20-13+. The van der Waals surface area contributed by atoms with E-state index in [1.807, 2.05) is 48.0 Å². The number of amides is 4. The number of aryl methyl sites for hydroxylation is 1. The van der Waals surface area contributed by atoms with Gasteiger partial charge in [-0.15, -0.1) is 0 Å². The number of barbiturate groups is 1. The SMILES string of the molecule is Cc1ccccc1Cn1cccc1/C=C1\C(=O)NC(=O)N(c2ccc(F)cc2)C1=O. The van der Waals surface area contributed by atoms with Gasteiger partial charge in [0.1, 0.15) is 11.4 Å². The molecule has 4 rings (SSSR count). The molecule has 0 aliphatic carbocycles. The van der Waals surface area contributed by atoms with E-state index in [-0.39, 0.29) is 11.3 Å². The van der Waals surface area contributed by atoms with Crippen molar-refractivity contribution in [3.05, 3.63) is 95.1 Å². The van der Waals surface area contributed by atoms with Crippen molar-refractivity contribution in [1.82, 2.24) is 9.88 Å². The van der Waals surface area contributed by atoms with Crippen molar-refractivity contribution in [3.8, 4) is 0 Å². The Bertz CT molecular complexity index is 1180. The van der Waals surface area contributed by atoms with E-state index < -0.39 is 23.7 Å². The molecule has 0 atom stereocenters. The van der Waals surface area contributed by atoms with Crippen LogP contribution in [-0.2, 0) is 16.1 Å². The topological polar surface area (TPSA) is 71.4 Å². The van der Waals surface area contributed by atoms with Gasteiger partial charge in [0.25, 0.3) is 11.8 Å². The van der Waals surface area contributed by atoms with Gasteiger partial charge in [-0.3, -0.25) is 14.9 Å². The second-order valence-electron chi connectivity index (χ2n) is 6.92. The van der Waals surface area contributed by atoms with Gasteiger partial charge < -0.3 is 4.57 Å². The molecular formula is C23H18FN3O3. The quantitative estimate of drug-likeness (QED) is 0.534. The molecule has 1 saturated heterocycles. The van der Waals surface area contributed by atoms with E-state index in [4.69, 9.17) is 0 Å². The van der Waals surface area contributed by atoms with Crippen molar-refractivity contribution in [3.63, 3.8) is 0 Å². The van der Waals surface area contributed by atoms with Gasteiger partial charge in [-0.05, 0) is 60.5 Å². The third-order valence-electron chi connectivity index (χ3n) is 4.95. The minimum absolute atomic E-state index is 0.174. The van der Waals surface area contributed by atoms with Gasteiger partial charge in [0, 0.05) is 18.4 Å². The number of aromatic nitrogens is 1. The van der Waals surface area contributed by atoms with Gasteiger partial charge in [-0.25, -0.2) is 14.1 Å². The van der Waals surface area contributed by atoms with Crippen LogP contribution in [-0.4, -0.2) is 22.4 Å². The van der Waals surface area contributed by atoms with Crippen molar-refractivity contribution >= 4 is 29.6 Å². The zero-order chi connectivity index (χ0) is 21.3. The highest BCUT2D eigenvalue weighted by Crippen LogP contribution is 2.22. The van der Waals surface area contributed by atoms with E-state index in [0.29, 0.717) is 12.2 Å². The van der Waals surface area contributed by atoms with E-state index in [0.717, 1.165) is 28.2 Å². The number of hydrogen-bond donors (Lipinski definition) is 1. The number of anilines is 1. The smallest absolute Gasteiger partial charge is 0.335 e. The number of urea groups is 1. The third kappa shape index (κ3) is 3.65. The predicted molar refractivity (Wildman–Crippen MR) is 110 cm³/mol. The molecule has 0 saturated carbocycles. The van der Waals surface area contributed by atoms with Crippen molar-refractivity contribution in [2.45, 2.75) is 13.5 Å². The first-order valence-electron chi connectivity index (χ1n) is 9.31. The molecular weight excluding hydrogens is 385 g/mol. The highest BCUT2D eigenvalue weighted by Gasteiger charge is 2.37. The lowest BCUT2D eigenvalue weighted by Crippen LogP contribution is -2.54. The first kappa shape index (κ1) is 19.3. The number of halogens is 1. The Morgan fingerprint density at radius 1 is 0.967 bits per heavy atom. The Morgan fingerprint density at radius 3 is 2.43 bits per heavy atom. The molecule has 6 nitrogen and oxygen atoms in total. The van der Waals surface area contributed by atoms with E-state index >= 15 is 0 Å². The highest BCUT2D eigenvalue weighted by atomic mass is 19.1. The van der Waals surface area contributed by atoms with Gasteiger partial charge in [0.15, 0.2) is 0 Å². The van der Waals surface area contributed by atoms with Gasteiger partial charge in [0.2, 0.25) is 0 Å². The molecule has 4 amide bonds. The van der Waals surface area contributed by atoms with E-state index in [9.17, 15) is 18.8 Å². The van der Waals surface area contributed by atoms with Crippen LogP contribution in [0.1, 0.15) is 16.8 Å². The van der Waals surface area contributed by atoms with Crippen LogP contribution in [0.4, 0.5) is 14.9 Å². The number of nitrogens with zero attached hydrogens (tertiary/aromatic N) is 2. The van der Waals surface area contributed by atoms with Crippen LogP contribution in [0.5, 0.6) is 0 Å². The molecule has 30 heavy (non-hydrogen) atoms. The Balaban J connectivity index is 1.68. The summed E-state index contributed by atoms with van der Waals surface area (Å²) in [4.78, 5) is 38.4. The number of hydrogen-bond acceptors (Lipinski definition) is 3. The van der Waals surface area contributed by atoms with Gasteiger partial charge in [0.05, 0.1) is 5.69 Å². The lowest BCUT2D eigenvalue weighted by atomic mass is 10.1. The summed E-state index contributed by atoms with van der Waals surface area (Å²) in [5, 5.41) is 2.17. The third-order valence-corrected chi connectivity index (χ3v) is 4.95. The Morgan fingerprint density at radius 2 is 1.70 bits per heavy atom. The summed E-state index contributed by atoms with van der Waals surface area (Å²) in [7, 11) is 0. The second kappa shape index (κ2) is 7.79. The van der Waals surface area contributed by atoms with Crippen LogP contribution >= 0.6 is 0 Å². The van der Waals surface area contributed by atoms with Crippen molar-refractivity contribution in [2.75, 3.05) is 4.90 Å². The average Bonchev–Trinajstić information content (AvgIpc) is 3.15. The molecule has 1 N–H and O–H groups in total. The monoisotopic (exact) mass is 403 g/mol. The first-order valence-corrected chi connectivity index (χ1v) is 9.31. The summed E-state index contributed by atoms with van der Waals surface area (Å²) in [6.07, 6.45) is 3.31. The second-order valence-corrected chi connectivity index (χ2v) is 6.92. The average molecular weight is 403 g/mol. The maximum absolute atomic E-state index is 13.2. The Kier molecular flexibility index (Phi) is 5.02. The van der Waals surface area contributed by atoms with Crippen LogP contribution < -0.4 is 10.2 Å². The molecule has 2 aromatic carbocycles. The number of carbonyl (C=O) groups is 3. The molecule has 0 unspecified atom stereocenters. The molecule has 150 valence electrons. The fraction of sp³-hybridized carbons (Fsp3) is 0.0870. The molecule has 1 aliphatic rings. The minimum Gasteiger partial charge on any atom is -0.344 e. The fourth-order valence-electron chi connectivity index (χ4n) is 3.30. The maximum atomic E-state index is 13.2. The Labute approximate surface area is 172 Å². The number of carbonyl (C=O) groups excluding carboxylic acids is 3. The largest absolute Gasteiger partial charge is 0.344 e. The van der Waals surface area contributed by atoms with Crippen LogP contribution in [0.3, 0.4) is 0 Å². The molecule has 1 fully saturated rings. The van der Waals surface area contributed by atoms with Crippen LogP contribution in [0.25, 0.3) is 6.08 Å². The molecule has 2 heterocycles.